The Hall–Kier alpha value is -11.1. The van der Waals surface area contributed by atoms with Crippen molar-refractivity contribution < 1.29 is 62.3 Å². The number of para-hydroxylation sites is 2. The molecule has 4 heterocycles. The molecule has 0 radical (unpaired) electrons. The first-order valence-electron chi connectivity index (χ1n) is 39.2. The molecule has 7 aromatic carbocycles. The van der Waals surface area contributed by atoms with Gasteiger partial charge in [-0.3, -0.25) is 67.8 Å². The molecule has 7 fully saturated rings. The molecule has 21 nitrogen and oxygen atoms in total. The molecular formula is C91H95Cl3N8O13. The van der Waals surface area contributed by atoms with Gasteiger partial charge in [-0.1, -0.05) is 201 Å². The predicted octanol–water partition coefficient (Wildman–Crippen LogP) is 19.1. The number of carbonyl (C=O) groups is 12. The Balaban J connectivity index is 0.000000157. The highest BCUT2D eigenvalue weighted by atomic mass is 35.5. The molecular weight excluding hydrogens is 1520 g/mol. The van der Waals surface area contributed by atoms with Crippen LogP contribution in [-0.2, 0) is 43.1 Å². The summed E-state index contributed by atoms with van der Waals surface area (Å²) in [5, 5.41) is 3.20. The second-order valence-electron chi connectivity index (χ2n) is 30.3. The Kier molecular flexibility index (Phi) is 27.6. The van der Waals surface area contributed by atoms with Crippen molar-refractivity contribution in [2.24, 2.45) is 0 Å². The Morgan fingerprint density at radius 2 is 0.843 bits per heavy atom. The van der Waals surface area contributed by atoms with Gasteiger partial charge in [0.25, 0.3) is 47.3 Å². The van der Waals surface area contributed by atoms with Crippen molar-refractivity contribution in [1.82, 2.24) is 29.4 Å². The van der Waals surface area contributed by atoms with Crippen LogP contribution in [0.4, 0.5) is 30.6 Å². The van der Waals surface area contributed by atoms with Gasteiger partial charge in [-0.05, 0) is 206 Å². The fraction of sp³-hybridized carbons (Fsp3) is 0.341. The molecule has 4 aliphatic heterocycles. The highest BCUT2D eigenvalue weighted by Gasteiger charge is 2.51. The molecule has 0 N–H and O–H groups in total. The topological polar surface area (TPSA) is 240 Å². The maximum absolute atomic E-state index is 14.5. The summed E-state index contributed by atoms with van der Waals surface area (Å²) in [6.07, 6.45) is 17.6. The number of carbonyl (C=O) groups excluding carboxylic acids is 12. The van der Waals surface area contributed by atoms with E-state index in [0.717, 1.165) is 170 Å². The average Bonchev–Trinajstić information content (AvgIpc) is 0.749. The van der Waals surface area contributed by atoms with Crippen molar-refractivity contribution in [3.63, 3.8) is 0 Å². The number of benzene rings is 7. The smallest absolute Gasteiger partial charge is 0.343 e. The van der Waals surface area contributed by atoms with E-state index in [1.807, 2.05) is 93.6 Å². The molecule has 598 valence electrons. The first kappa shape index (κ1) is 84.8. The van der Waals surface area contributed by atoms with E-state index in [-0.39, 0.29) is 52.6 Å². The number of halogens is 3. The Labute approximate surface area is 685 Å². The number of allylic oxidation sites excluding steroid dienone is 1. The normalized spacial score (nSPS) is 18.5. The zero-order chi connectivity index (χ0) is 82.8. The Morgan fingerprint density at radius 1 is 0.426 bits per heavy atom. The quantitative estimate of drug-likeness (QED) is 0.0593. The van der Waals surface area contributed by atoms with Crippen molar-refractivity contribution in [2.45, 2.75) is 188 Å². The number of hydrogen-bond acceptors (Lipinski definition) is 13. The number of fused-ring (bicyclic) bond motifs is 1. The average molecular weight is 1620 g/mol. The third-order valence-electron chi connectivity index (χ3n) is 21.5. The van der Waals surface area contributed by atoms with Crippen LogP contribution < -0.4 is 9.80 Å². The molecule has 0 aromatic heterocycles. The molecule has 7 aromatic rings. The van der Waals surface area contributed by atoms with Crippen molar-refractivity contribution >= 4 is 152 Å². The van der Waals surface area contributed by atoms with Gasteiger partial charge >= 0.3 is 24.1 Å². The summed E-state index contributed by atoms with van der Waals surface area (Å²) in [5.41, 5.74) is 6.73. The monoisotopic (exact) mass is 1610 g/mol. The van der Waals surface area contributed by atoms with E-state index in [0.29, 0.717) is 49.8 Å². The minimum atomic E-state index is -0.748. The minimum absolute atomic E-state index is 0.00894. The van der Waals surface area contributed by atoms with Crippen LogP contribution in [0, 0.1) is 20.8 Å². The van der Waals surface area contributed by atoms with Crippen LogP contribution in [0.3, 0.4) is 0 Å². The van der Waals surface area contributed by atoms with Gasteiger partial charge < -0.3 is 4.74 Å². The van der Waals surface area contributed by atoms with E-state index >= 15 is 0 Å². The molecule has 0 bridgehead atoms. The number of hydrogen-bond donors (Lipinski definition) is 0. The Morgan fingerprint density at radius 3 is 1.25 bits per heavy atom. The maximum atomic E-state index is 14.5. The SMILES string of the molecule is CCC(=C1C(=O)N(c2ccccc2)C(=O)N(c2ccccc2)C1=O)c1c(Cl)cccc1Cl.Cc1cc2ccc(Cl)cc2cc1C(OC1CCCCC1)=C1C(=O)N(C2CCCCC2)C(=O)N(C2CCCCC2)C1=O.Cc1ccc(/C=C2\C(=O)N(C)C(=O)N(C(C)C)C2=O)cc1.Cc1ccc(/C=C2\C(=O)N(C)C(=O)N(C(C)C)C2=O)cc1. The molecule has 0 atom stereocenters. The minimum Gasteiger partial charge on any atom is -0.489 e. The van der Waals surface area contributed by atoms with Crippen molar-refractivity contribution in [2.75, 3.05) is 23.9 Å². The first-order chi connectivity index (χ1) is 55.0. The number of nitrogens with zero attached hydrogens (tertiary/aromatic N) is 8. The zero-order valence-corrected chi connectivity index (χ0v) is 68.7. The number of anilines is 2. The van der Waals surface area contributed by atoms with E-state index in [2.05, 4.69) is 6.07 Å². The van der Waals surface area contributed by atoms with Gasteiger partial charge in [0.05, 0.1) is 17.5 Å². The molecule has 115 heavy (non-hydrogen) atoms. The zero-order valence-electron chi connectivity index (χ0n) is 66.4. The standard InChI is InChI=1S/C34H41ClN2O4.C25H18Cl2N2O3.2C16H18N2O3/c1-22-19-23-17-18-25(35)20-24(23)21-29(22)31(41-28-15-9-4-10-16-28)30-32(38)36(26-11-5-2-6-12-26)34(40)37(33(30)39)27-13-7-3-8-14-27;1-2-18(21-19(26)14-9-15-20(21)27)22-23(30)28(16-10-5-3-6-11-16)25(32)29(24(22)31)17-12-7-4-8-13-17;2*1-10(2)18-15(20)13(14(19)17(4)16(18)21)9-12-7-5-11(3)6-8-12/h17-21,26-28H,2-16H2,1H3;3-15H,2H2,1H3;2*5-10H,1-4H3/b;;2*13-9+. The summed E-state index contributed by atoms with van der Waals surface area (Å²) in [5.74, 6) is -4.30. The van der Waals surface area contributed by atoms with Crippen molar-refractivity contribution in [3.05, 3.63) is 234 Å². The van der Waals surface area contributed by atoms with Crippen LogP contribution in [0.5, 0.6) is 0 Å². The lowest BCUT2D eigenvalue weighted by Gasteiger charge is -2.43. The second-order valence-corrected chi connectivity index (χ2v) is 31.5. The molecule has 24 heteroatoms. The highest BCUT2D eigenvalue weighted by molar-refractivity contribution is 6.48. The third kappa shape index (κ3) is 18.5. The van der Waals surface area contributed by atoms with Crippen LogP contribution in [-0.4, -0.2) is 145 Å². The lowest BCUT2D eigenvalue weighted by molar-refractivity contribution is -0.140. The molecule has 4 saturated heterocycles. The number of amides is 16. The van der Waals surface area contributed by atoms with Gasteiger partial charge in [-0.2, -0.15) is 0 Å². The largest absolute Gasteiger partial charge is 0.489 e. The fourth-order valence-electron chi connectivity index (χ4n) is 15.4. The number of rotatable bonds is 13. The van der Waals surface area contributed by atoms with Gasteiger partial charge in [-0.25, -0.2) is 29.0 Å². The lowest BCUT2D eigenvalue weighted by Crippen LogP contribution is -2.62. The Bertz CT molecular complexity index is 4860. The highest BCUT2D eigenvalue weighted by Crippen LogP contribution is 2.42. The van der Waals surface area contributed by atoms with Gasteiger partial charge in [0, 0.05) is 64.5 Å². The maximum Gasteiger partial charge on any atom is 0.343 e. The first-order valence-corrected chi connectivity index (χ1v) is 40.4. The van der Waals surface area contributed by atoms with E-state index in [9.17, 15) is 57.5 Å². The number of aryl methyl sites for hydroxylation is 3. The van der Waals surface area contributed by atoms with E-state index in [1.54, 1.807) is 113 Å². The van der Waals surface area contributed by atoms with Crippen LogP contribution in [0.25, 0.3) is 34.3 Å². The summed E-state index contributed by atoms with van der Waals surface area (Å²) >= 11 is 19.2. The lowest BCUT2D eigenvalue weighted by atomic mass is 9.89. The molecule has 14 rings (SSSR count). The molecule has 0 unspecified atom stereocenters. The summed E-state index contributed by atoms with van der Waals surface area (Å²) in [6, 6.07) is 43.4. The summed E-state index contributed by atoms with van der Waals surface area (Å²) in [4.78, 5) is 166. The number of ether oxygens (including phenoxy) is 1. The fourth-order valence-corrected chi connectivity index (χ4v) is 16.2. The van der Waals surface area contributed by atoms with Gasteiger partial charge in [0.1, 0.15) is 28.1 Å². The van der Waals surface area contributed by atoms with Crippen LogP contribution >= 0.6 is 34.8 Å². The van der Waals surface area contributed by atoms with Gasteiger partial charge in [0.15, 0.2) is 0 Å². The van der Waals surface area contributed by atoms with Crippen LogP contribution in [0.2, 0.25) is 15.1 Å². The third-order valence-corrected chi connectivity index (χ3v) is 22.4. The van der Waals surface area contributed by atoms with Crippen LogP contribution in [0.15, 0.2) is 180 Å². The predicted molar refractivity (Wildman–Crippen MR) is 447 cm³/mol. The summed E-state index contributed by atoms with van der Waals surface area (Å²) in [7, 11) is 2.77. The van der Waals surface area contributed by atoms with E-state index in [1.165, 1.54) is 36.0 Å². The van der Waals surface area contributed by atoms with E-state index < -0.39 is 71.4 Å². The number of likely N-dealkylation sites (N-methyl/N-ethyl adjacent to an activating group) is 2. The molecule has 3 saturated carbocycles. The molecule has 7 aliphatic rings. The summed E-state index contributed by atoms with van der Waals surface area (Å²) in [6.45, 7) is 14.7. The van der Waals surface area contributed by atoms with Crippen molar-refractivity contribution in [3.8, 4) is 0 Å². The molecule has 16 amide bonds. The van der Waals surface area contributed by atoms with Gasteiger partial charge in [-0.15, -0.1) is 0 Å². The summed E-state index contributed by atoms with van der Waals surface area (Å²) < 4.78 is 6.76. The van der Waals surface area contributed by atoms with E-state index in [4.69, 9.17) is 39.5 Å². The molecule has 0 spiro atoms. The van der Waals surface area contributed by atoms with Crippen molar-refractivity contribution in [1.29, 1.82) is 0 Å². The van der Waals surface area contributed by atoms with Crippen LogP contribution in [0.1, 0.15) is 176 Å². The van der Waals surface area contributed by atoms with Gasteiger partial charge in [0.2, 0.25) is 0 Å². The molecule has 3 aliphatic carbocycles. The second kappa shape index (κ2) is 37.4. The number of barbiturate groups is 4. The number of imide groups is 8. The number of urea groups is 4.